The third-order valence-corrected chi connectivity index (χ3v) is 4.16. The average molecular weight is 297 g/mol. The zero-order valence-corrected chi connectivity index (χ0v) is 10.3. The van der Waals surface area contributed by atoms with Gasteiger partial charge in [0, 0.05) is 0 Å². The molecule has 0 spiro atoms. The van der Waals surface area contributed by atoms with Gasteiger partial charge in [-0.05, 0) is 0 Å². The van der Waals surface area contributed by atoms with E-state index < -0.39 is 0 Å². The Labute approximate surface area is 90.8 Å². The van der Waals surface area contributed by atoms with Crippen LogP contribution in [0, 0.1) is 5.92 Å². The number of rotatable bonds is 4. The van der Waals surface area contributed by atoms with Crippen LogP contribution in [-0.4, -0.2) is 48.7 Å². The van der Waals surface area contributed by atoms with Crippen LogP contribution in [0.4, 0.5) is 0 Å². The Bertz CT molecular complexity index is 164. The van der Waals surface area contributed by atoms with E-state index >= 15 is 0 Å². The molecule has 0 aromatic heterocycles. The zero-order valence-electron chi connectivity index (χ0n) is 8.13. The average Bonchev–Trinajstić information content (AvgIpc) is 2.46. The Morgan fingerprint density at radius 3 is 3.00 bits per heavy atom. The van der Waals surface area contributed by atoms with Crippen molar-refractivity contribution in [2.45, 2.75) is 12.5 Å². The number of hydrogen-bond acceptors (Lipinski definition) is 3. The molecule has 2 aliphatic rings. The summed E-state index contributed by atoms with van der Waals surface area (Å²) >= 11 is 0.276. The second kappa shape index (κ2) is 4.91. The molecule has 2 rings (SSSR count). The van der Waals surface area contributed by atoms with Crippen molar-refractivity contribution in [3.05, 3.63) is 0 Å². The van der Waals surface area contributed by atoms with Gasteiger partial charge in [0.2, 0.25) is 0 Å². The predicted molar refractivity (Wildman–Crippen MR) is 48.2 cm³/mol. The number of alkyl halides is 1. The molecule has 1 N–H and O–H groups in total. The molecule has 0 aromatic carbocycles. The van der Waals surface area contributed by atoms with Gasteiger partial charge in [-0.3, -0.25) is 0 Å². The topological polar surface area (TPSA) is 24.5 Å². The Balaban J connectivity index is 1.67. The molecule has 4 heteroatoms. The van der Waals surface area contributed by atoms with Gasteiger partial charge in [-0.2, -0.15) is 0 Å². The molecule has 0 bridgehead atoms. The van der Waals surface area contributed by atoms with Crippen molar-refractivity contribution in [3.63, 3.8) is 0 Å². The number of likely N-dealkylation sites (tertiary alicyclic amines) is 1. The van der Waals surface area contributed by atoms with E-state index in [4.69, 9.17) is 4.74 Å². The molecule has 2 heterocycles. The van der Waals surface area contributed by atoms with Crippen LogP contribution in [0.2, 0.25) is 0 Å². The van der Waals surface area contributed by atoms with Gasteiger partial charge in [-0.25, -0.2) is 0 Å². The van der Waals surface area contributed by atoms with Gasteiger partial charge < -0.3 is 0 Å². The van der Waals surface area contributed by atoms with Crippen molar-refractivity contribution >= 4 is 0 Å². The van der Waals surface area contributed by atoms with Crippen LogP contribution in [0.5, 0.6) is 0 Å². The van der Waals surface area contributed by atoms with Crippen molar-refractivity contribution in [2.24, 2.45) is 5.92 Å². The Morgan fingerprint density at radius 2 is 2.38 bits per heavy atom. The van der Waals surface area contributed by atoms with E-state index in [0.717, 1.165) is 25.2 Å². The van der Waals surface area contributed by atoms with Gasteiger partial charge in [0.05, 0.1) is 0 Å². The summed E-state index contributed by atoms with van der Waals surface area (Å²) in [6, 6.07) is 0.751. The molecule has 2 saturated heterocycles. The first-order valence-corrected chi connectivity index (χ1v) is 8.17. The summed E-state index contributed by atoms with van der Waals surface area (Å²) in [6.45, 7) is 5.78. The van der Waals surface area contributed by atoms with Gasteiger partial charge >= 0.3 is 90.8 Å². The summed E-state index contributed by atoms with van der Waals surface area (Å²) in [6.07, 6.45) is 1.38. The van der Waals surface area contributed by atoms with Crippen molar-refractivity contribution < 1.29 is 26.2 Å². The molecule has 0 unspecified atom stereocenters. The first-order valence-electron chi connectivity index (χ1n) is 4.93. The molecular weight excluding hydrogens is 279 g/mol. The number of hydrogen-bond donors (Lipinski definition) is 1. The maximum atomic E-state index is 5.21. The van der Waals surface area contributed by atoms with Gasteiger partial charge in [-0.15, -0.1) is 0 Å². The molecule has 0 aromatic rings. The number of ether oxygens (including phenoxy) is 1. The van der Waals surface area contributed by atoms with E-state index in [1.54, 1.807) is 0 Å². The van der Waals surface area contributed by atoms with Crippen LogP contribution in [0.3, 0.4) is 0 Å². The summed E-state index contributed by atoms with van der Waals surface area (Å²) in [4.78, 5) is 4.88. The van der Waals surface area contributed by atoms with Crippen LogP contribution in [0.25, 0.3) is 0 Å². The summed E-state index contributed by atoms with van der Waals surface area (Å²) in [5.41, 5.74) is 0. The summed E-state index contributed by atoms with van der Waals surface area (Å²) < 4.78 is 8.75. The Morgan fingerprint density at radius 1 is 1.54 bits per heavy atom. The second-order valence-corrected chi connectivity index (χ2v) is 5.71. The van der Waals surface area contributed by atoms with Crippen LogP contribution < -0.4 is 25.0 Å². The zero-order chi connectivity index (χ0) is 9.10. The number of nitrogens with zero attached hydrogens (tertiary/aromatic N) is 1. The van der Waals surface area contributed by atoms with Crippen LogP contribution in [0.1, 0.15) is 6.42 Å². The minimum absolute atomic E-state index is 0.276. The second-order valence-electron chi connectivity index (χ2n) is 3.87. The van der Waals surface area contributed by atoms with Gasteiger partial charge in [-0.1, -0.05) is 0 Å². The molecule has 13 heavy (non-hydrogen) atoms. The molecule has 3 nitrogen and oxygen atoms in total. The van der Waals surface area contributed by atoms with Gasteiger partial charge in [0.1, 0.15) is 0 Å². The van der Waals surface area contributed by atoms with E-state index in [1.165, 1.54) is 26.1 Å². The van der Waals surface area contributed by atoms with Crippen molar-refractivity contribution in [1.29, 1.82) is 0 Å². The van der Waals surface area contributed by atoms with Gasteiger partial charge in [0.25, 0.3) is 0 Å². The molecule has 0 aliphatic carbocycles. The monoisotopic (exact) mass is 297 g/mol. The van der Waals surface area contributed by atoms with E-state index in [2.05, 4.69) is 13.4 Å². The first kappa shape index (κ1) is 10.1. The SMILES string of the molecule is C[I-]NC[C@H]1CCN(C2COC2)C1. The number of halogens is 1. The molecule has 2 aliphatic heterocycles. The minimum atomic E-state index is 0.276. The van der Waals surface area contributed by atoms with E-state index in [-0.39, 0.29) is 21.5 Å². The third-order valence-electron chi connectivity index (χ3n) is 2.95. The summed E-state index contributed by atoms with van der Waals surface area (Å²) in [5, 5.41) is 0. The fraction of sp³-hybridized carbons (Fsp3) is 1.00. The van der Waals surface area contributed by atoms with Crippen molar-refractivity contribution in [2.75, 3.05) is 37.8 Å². The summed E-state index contributed by atoms with van der Waals surface area (Å²) in [5.74, 6) is 0.903. The Kier molecular flexibility index (Phi) is 3.83. The van der Waals surface area contributed by atoms with E-state index in [0.29, 0.717) is 0 Å². The van der Waals surface area contributed by atoms with E-state index in [9.17, 15) is 0 Å². The normalized spacial score (nSPS) is 31.0. The van der Waals surface area contributed by atoms with E-state index in [1.807, 2.05) is 0 Å². The maximum absolute atomic E-state index is 5.21. The van der Waals surface area contributed by atoms with Crippen LogP contribution in [0.15, 0.2) is 0 Å². The first-order chi connectivity index (χ1) is 6.40. The Hall–Kier alpha value is 0.610. The van der Waals surface area contributed by atoms with Crippen molar-refractivity contribution in [3.8, 4) is 0 Å². The standard InChI is InChI=1S/C9H18IN2O/c1-10-11-4-8-2-3-12(5-8)9-6-13-7-9/h8-9,11H,2-7H2,1H3/q-1/t8-/m1/s1. The molecule has 0 saturated carbocycles. The fourth-order valence-electron chi connectivity index (χ4n) is 1.98. The molecule has 0 radical (unpaired) electrons. The molecule has 1 atom stereocenters. The predicted octanol–water partition coefficient (Wildman–Crippen LogP) is -3.07. The molecule has 78 valence electrons. The quantitative estimate of drug-likeness (QED) is 0.339. The molecule has 2 fully saturated rings. The third kappa shape index (κ3) is 2.55. The van der Waals surface area contributed by atoms with Crippen molar-refractivity contribution in [1.82, 2.24) is 8.43 Å². The molecule has 0 amide bonds. The fourth-order valence-corrected chi connectivity index (χ4v) is 3.04. The van der Waals surface area contributed by atoms with Crippen LogP contribution >= 0.6 is 0 Å². The van der Waals surface area contributed by atoms with Gasteiger partial charge in [0.15, 0.2) is 0 Å². The number of nitrogens with one attached hydrogen (secondary N) is 1. The molecular formula is C9H18IN2O-. The van der Waals surface area contributed by atoms with Crippen LogP contribution in [-0.2, 0) is 4.74 Å². The summed E-state index contributed by atoms with van der Waals surface area (Å²) in [7, 11) is 0.